The van der Waals surface area contributed by atoms with Crippen LogP contribution in [0.4, 0.5) is 0 Å². The number of hydrogen-bond acceptors (Lipinski definition) is 5. The lowest BCUT2D eigenvalue weighted by atomic mass is 9.91. The fourth-order valence-electron chi connectivity index (χ4n) is 4.05. The number of aromatic nitrogens is 2. The highest BCUT2D eigenvalue weighted by Crippen LogP contribution is 2.33. The van der Waals surface area contributed by atoms with Gasteiger partial charge in [0.2, 0.25) is 0 Å². The van der Waals surface area contributed by atoms with Gasteiger partial charge in [0.05, 0.1) is 25.6 Å². The van der Waals surface area contributed by atoms with Crippen molar-refractivity contribution in [1.82, 2.24) is 14.9 Å². The molecule has 1 aromatic heterocycles. The first-order valence-electron chi connectivity index (χ1n) is 10.1. The summed E-state index contributed by atoms with van der Waals surface area (Å²) >= 11 is 0. The van der Waals surface area contributed by atoms with Gasteiger partial charge in [0.1, 0.15) is 11.5 Å². The highest BCUT2D eigenvalue weighted by atomic mass is 16.5. The second-order valence-corrected chi connectivity index (χ2v) is 7.44. The van der Waals surface area contributed by atoms with Gasteiger partial charge in [-0.25, -0.2) is 0 Å². The van der Waals surface area contributed by atoms with E-state index in [1.165, 1.54) is 5.56 Å². The molecule has 5 heteroatoms. The molecule has 1 aliphatic heterocycles. The van der Waals surface area contributed by atoms with Crippen molar-refractivity contribution in [3.8, 4) is 22.8 Å². The molecule has 0 amide bonds. The highest BCUT2D eigenvalue weighted by molar-refractivity contribution is 5.64. The number of likely N-dealkylation sites (tertiary alicyclic amines) is 1. The van der Waals surface area contributed by atoms with E-state index in [1.54, 1.807) is 26.6 Å². The molecule has 4 rings (SSSR count). The predicted octanol–water partition coefficient (Wildman–Crippen LogP) is 4.54. The standard InChI is InChI=1S/C24H27N3O2/c1-28-21-10-8-18(9-11-21)16-27-14-4-6-20(17-27)24-23(25-12-13-26-24)19-5-3-7-22(15-19)29-2/h3,5,7-13,15,20H,4,6,14,16-17H2,1-2H3/t20-/m1/s1. The van der Waals surface area contributed by atoms with E-state index in [2.05, 4.69) is 28.1 Å². The smallest absolute Gasteiger partial charge is 0.119 e. The van der Waals surface area contributed by atoms with E-state index in [9.17, 15) is 0 Å². The van der Waals surface area contributed by atoms with Crippen molar-refractivity contribution >= 4 is 0 Å². The Kier molecular flexibility index (Phi) is 6.06. The fraction of sp³-hybridized carbons (Fsp3) is 0.333. The van der Waals surface area contributed by atoms with Crippen LogP contribution in [0.25, 0.3) is 11.3 Å². The molecule has 0 unspecified atom stereocenters. The topological polar surface area (TPSA) is 47.5 Å². The van der Waals surface area contributed by atoms with Crippen LogP contribution in [0.2, 0.25) is 0 Å². The summed E-state index contributed by atoms with van der Waals surface area (Å²) in [7, 11) is 3.39. The molecule has 5 nitrogen and oxygen atoms in total. The summed E-state index contributed by atoms with van der Waals surface area (Å²) in [4.78, 5) is 11.9. The van der Waals surface area contributed by atoms with Gasteiger partial charge in [0.25, 0.3) is 0 Å². The van der Waals surface area contributed by atoms with Crippen LogP contribution in [-0.2, 0) is 6.54 Å². The normalized spacial score (nSPS) is 17.1. The average molecular weight is 389 g/mol. The molecule has 1 saturated heterocycles. The summed E-state index contributed by atoms with van der Waals surface area (Å²) < 4.78 is 10.7. The minimum atomic E-state index is 0.372. The van der Waals surface area contributed by atoms with Gasteiger partial charge in [0.15, 0.2) is 0 Å². The zero-order valence-electron chi connectivity index (χ0n) is 17.0. The molecule has 1 atom stereocenters. The number of piperidine rings is 1. The van der Waals surface area contributed by atoms with Crippen molar-refractivity contribution in [2.24, 2.45) is 0 Å². The Labute approximate surface area is 172 Å². The molecule has 29 heavy (non-hydrogen) atoms. The second-order valence-electron chi connectivity index (χ2n) is 7.44. The molecule has 2 heterocycles. The van der Waals surface area contributed by atoms with Gasteiger partial charge in [-0.3, -0.25) is 14.9 Å². The molecule has 0 saturated carbocycles. The molecule has 2 aromatic carbocycles. The Balaban J connectivity index is 1.53. The van der Waals surface area contributed by atoms with Gasteiger partial charge in [-0.15, -0.1) is 0 Å². The van der Waals surface area contributed by atoms with Crippen LogP contribution in [0.1, 0.15) is 30.0 Å². The molecule has 1 fully saturated rings. The van der Waals surface area contributed by atoms with Gasteiger partial charge in [-0.1, -0.05) is 24.3 Å². The SMILES string of the molecule is COc1ccc(CN2CCC[C@@H](c3nccnc3-c3cccc(OC)c3)C2)cc1. The van der Waals surface area contributed by atoms with E-state index in [1.807, 2.05) is 30.3 Å². The molecular formula is C24H27N3O2. The van der Waals surface area contributed by atoms with E-state index < -0.39 is 0 Å². The first kappa shape index (κ1) is 19.4. The lowest BCUT2D eigenvalue weighted by Crippen LogP contribution is -2.34. The maximum atomic E-state index is 5.40. The van der Waals surface area contributed by atoms with Crippen molar-refractivity contribution in [2.75, 3.05) is 27.3 Å². The largest absolute Gasteiger partial charge is 0.497 e. The molecule has 150 valence electrons. The van der Waals surface area contributed by atoms with Crippen LogP contribution in [-0.4, -0.2) is 42.2 Å². The minimum Gasteiger partial charge on any atom is -0.497 e. The van der Waals surface area contributed by atoms with Gasteiger partial charge in [-0.2, -0.15) is 0 Å². The van der Waals surface area contributed by atoms with Crippen LogP contribution in [0.15, 0.2) is 60.9 Å². The Bertz CT molecular complexity index is 943. The van der Waals surface area contributed by atoms with Crippen LogP contribution < -0.4 is 9.47 Å². The first-order valence-corrected chi connectivity index (χ1v) is 10.1. The van der Waals surface area contributed by atoms with Crippen molar-refractivity contribution in [3.63, 3.8) is 0 Å². The molecule has 0 bridgehead atoms. The Morgan fingerprint density at radius 2 is 1.76 bits per heavy atom. The van der Waals surface area contributed by atoms with Crippen LogP contribution in [0.5, 0.6) is 11.5 Å². The van der Waals surface area contributed by atoms with E-state index in [0.717, 1.165) is 60.9 Å². The Hall–Kier alpha value is -2.92. The summed E-state index contributed by atoms with van der Waals surface area (Å²) in [5, 5.41) is 0. The second kappa shape index (κ2) is 9.05. The number of nitrogens with zero attached hydrogens (tertiary/aromatic N) is 3. The molecule has 0 N–H and O–H groups in total. The summed E-state index contributed by atoms with van der Waals surface area (Å²) in [6.45, 7) is 3.04. The molecular weight excluding hydrogens is 362 g/mol. The van der Waals surface area contributed by atoms with Crippen LogP contribution in [0, 0.1) is 0 Å². The summed E-state index contributed by atoms with van der Waals surface area (Å²) in [5.41, 5.74) is 4.40. The maximum absolute atomic E-state index is 5.40. The van der Waals surface area contributed by atoms with Crippen molar-refractivity contribution < 1.29 is 9.47 Å². The highest BCUT2D eigenvalue weighted by Gasteiger charge is 2.25. The molecule has 0 spiro atoms. The predicted molar refractivity (Wildman–Crippen MR) is 114 cm³/mol. The summed E-state index contributed by atoms with van der Waals surface area (Å²) in [6.07, 6.45) is 5.88. The maximum Gasteiger partial charge on any atom is 0.119 e. The third-order valence-corrected chi connectivity index (χ3v) is 5.53. The van der Waals surface area contributed by atoms with Crippen molar-refractivity contribution in [1.29, 1.82) is 0 Å². The van der Waals surface area contributed by atoms with E-state index in [4.69, 9.17) is 14.5 Å². The van der Waals surface area contributed by atoms with Gasteiger partial charge in [0, 0.05) is 37.0 Å². The van der Waals surface area contributed by atoms with Crippen LogP contribution >= 0.6 is 0 Å². The quantitative estimate of drug-likeness (QED) is 0.619. The van der Waals surface area contributed by atoms with Crippen molar-refractivity contribution in [2.45, 2.75) is 25.3 Å². The minimum absolute atomic E-state index is 0.372. The summed E-state index contributed by atoms with van der Waals surface area (Å²) in [6, 6.07) is 16.4. The fourth-order valence-corrected chi connectivity index (χ4v) is 4.05. The number of benzene rings is 2. The number of hydrogen-bond donors (Lipinski definition) is 0. The monoisotopic (exact) mass is 389 g/mol. The number of ether oxygens (including phenoxy) is 2. The van der Waals surface area contributed by atoms with E-state index >= 15 is 0 Å². The molecule has 3 aromatic rings. The number of rotatable bonds is 6. The lowest BCUT2D eigenvalue weighted by molar-refractivity contribution is 0.198. The Morgan fingerprint density at radius 3 is 2.55 bits per heavy atom. The Morgan fingerprint density at radius 1 is 0.966 bits per heavy atom. The van der Waals surface area contributed by atoms with Gasteiger partial charge < -0.3 is 9.47 Å². The van der Waals surface area contributed by atoms with Crippen molar-refractivity contribution in [3.05, 3.63) is 72.2 Å². The zero-order valence-corrected chi connectivity index (χ0v) is 17.0. The third-order valence-electron chi connectivity index (χ3n) is 5.53. The van der Waals surface area contributed by atoms with Gasteiger partial charge >= 0.3 is 0 Å². The zero-order chi connectivity index (χ0) is 20.1. The van der Waals surface area contributed by atoms with Gasteiger partial charge in [-0.05, 0) is 49.2 Å². The number of methoxy groups -OCH3 is 2. The average Bonchev–Trinajstić information content (AvgIpc) is 2.80. The molecule has 1 aliphatic rings. The summed E-state index contributed by atoms with van der Waals surface area (Å²) in [5.74, 6) is 2.11. The third kappa shape index (κ3) is 4.57. The van der Waals surface area contributed by atoms with E-state index in [-0.39, 0.29) is 0 Å². The first-order chi connectivity index (χ1) is 14.3. The van der Waals surface area contributed by atoms with E-state index in [0.29, 0.717) is 5.92 Å². The molecule has 0 radical (unpaired) electrons. The molecule has 0 aliphatic carbocycles. The van der Waals surface area contributed by atoms with Crippen LogP contribution in [0.3, 0.4) is 0 Å². The lowest BCUT2D eigenvalue weighted by Gasteiger charge is -2.33.